The van der Waals surface area contributed by atoms with Gasteiger partial charge in [-0.05, 0) is 36.4 Å². The highest BCUT2D eigenvalue weighted by Gasteiger charge is 2.37. The molecule has 27 heavy (non-hydrogen) atoms. The van der Waals surface area contributed by atoms with Gasteiger partial charge >= 0.3 is 6.03 Å². The monoisotopic (exact) mass is 450 g/mol. The van der Waals surface area contributed by atoms with Gasteiger partial charge in [0.15, 0.2) is 11.5 Å². The van der Waals surface area contributed by atoms with Crippen molar-refractivity contribution in [1.82, 2.24) is 5.32 Å². The predicted molar refractivity (Wildman–Crippen MR) is 103 cm³/mol. The van der Waals surface area contributed by atoms with Crippen molar-refractivity contribution in [2.75, 3.05) is 12.0 Å². The molecule has 0 aromatic heterocycles. The van der Waals surface area contributed by atoms with Gasteiger partial charge in [-0.25, -0.2) is 9.69 Å². The smallest absolute Gasteiger partial charge is 0.335 e. The zero-order chi connectivity index (χ0) is 19.7. The van der Waals surface area contributed by atoms with Gasteiger partial charge in [0, 0.05) is 21.1 Å². The van der Waals surface area contributed by atoms with E-state index in [0.717, 1.165) is 15.4 Å². The van der Waals surface area contributed by atoms with Crippen molar-refractivity contribution in [3.05, 3.63) is 57.0 Å². The maximum absolute atomic E-state index is 12.8. The molecule has 0 aliphatic carbocycles. The van der Waals surface area contributed by atoms with Crippen LogP contribution in [0.2, 0.25) is 5.02 Å². The van der Waals surface area contributed by atoms with Gasteiger partial charge in [-0.2, -0.15) is 0 Å². The summed E-state index contributed by atoms with van der Waals surface area (Å²) in [4.78, 5) is 38.0. The molecular formula is C18H12BrClN2O5. The third kappa shape index (κ3) is 3.67. The number of halogens is 2. The highest BCUT2D eigenvalue weighted by molar-refractivity contribution is 9.10. The van der Waals surface area contributed by atoms with Gasteiger partial charge in [-0.15, -0.1) is 0 Å². The topological polar surface area (TPSA) is 95.9 Å². The van der Waals surface area contributed by atoms with E-state index in [1.807, 2.05) is 0 Å². The number of nitrogens with one attached hydrogen (secondary N) is 1. The molecule has 7 nitrogen and oxygen atoms in total. The standard InChI is InChI=1S/C18H12BrClN2O5/c1-27-14-8-11(20)6-9(15(14)23)7-13-16(24)21-18(26)22(17(13)25)12-4-2-10(19)3-5-12/h2-8,23H,1H3,(H,21,24,26). The third-order valence-electron chi connectivity index (χ3n) is 3.78. The zero-order valence-electron chi connectivity index (χ0n) is 13.8. The number of benzene rings is 2. The number of amides is 4. The number of nitrogens with zero attached hydrogens (tertiary/aromatic N) is 1. The lowest BCUT2D eigenvalue weighted by Crippen LogP contribution is -2.54. The minimum absolute atomic E-state index is 0.0823. The summed E-state index contributed by atoms with van der Waals surface area (Å²) in [6, 6.07) is 8.31. The number of phenols is 1. The van der Waals surface area contributed by atoms with Crippen LogP contribution >= 0.6 is 27.5 Å². The summed E-state index contributed by atoms with van der Waals surface area (Å²) in [5, 5.41) is 12.6. The number of ether oxygens (including phenoxy) is 1. The lowest BCUT2D eigenvalue weighted by atomic mass is 10.1. The first-order valence-electron chi connectivity index (χ1n) is 7.55. The first-order valence-corrected chi connectivity index (χ1v) is 8.72. The number of barbiturate groups is 1. The predicted octanol–water partition coefficient (Wildman–Crippen LogP) is 3.48. The largest absolute Gasteiger partial charge is 0.504 e. The van der Waals surface area contributed by atoms with E-state index in [1.54, 1.807) is 24.3 Å². The average molecular weight is 452 g/mol. The van der Waals surface area contributed by atoms with Gasteiger partial charge in [0.05, 0.1) is 12.8 Å². The summed E-state index contributed by atoms with van der Waals surface area (Å²) in [6.45, 7) is 0. The molecule has 4 amide bonds. The maximum Gasteiger partial charge on any atom is 0.335 e. The van der Waals surface area contributed by atoms with Gasteiger partial charge in [0.2, 0.25) is 0 Å². The van der Waals surface area contributed by atoms with Crippen LogP contribution in [0.25, 0.3) is 6.08 Å². The molecule has 138 valence electrons. The van der Waals surface area contributed by atoms with Crippen LogP contribution < -0.4 is 15.0 Å². The molecule has 0 atom stereocenters. The Morgan fingerprint density at radius 3 is 2.48 bits per heavy atom. The van der Waals surface area contributed by atoms with Crippen LogP contribution in [-0.4, -0.2) is 30.1 Å². The number of hydrogen-bond acceptors (Lipinski definition) is 5. The number of anilines is 1. The molecule has 0 saturated carbocycles. The SMILES string of the molecule is COc1cc(Cl)cc(C=C2C(=O)NC(=O)N(c3ccc(Br)cc3)C2=O)c1O. The van der Waals surface area contributed by atoms with Crippen molar-refractivity contribution in [2.24, 2.45) is 0 Å². The van der Waals surface area contributed by atoms with Crippen molar-refractivity contribution >= 4 is 57.1 Å². The Morgan fingerprint density at radius 1 is 1.19 bits per heavy atom. The summed E-state index contributed by atoms with van der Waals surface area (Å²) in [5.74, 6) is -1.91. The molecule has 3 rings (SSSR count). The van der Waals surface area contributed by atoms with Crippen molar-refractivity contribution in [1.29, 1.82) is 0 Å². The van der Waals surface area contributed by atoms with Gasteiger partial charge in [0.25, 0.3) is 11.8 Å². The molecule has 1 aliphatic heterocycles. The first kappa shape index (κ1) is 18.9. The van der Waals surface area contributed by atoms with E-state index in [1.165, 1.54) is 19.2 Å². The van der Waals surface area contributed by atoms with Crippen molar-refractivity contribution in [3.8, 4) is 11.5 Å². The minimum atomic E-state index is -0.878. The first-order chi connectivity index (χ1) is 12.8. The van der Waals surface area contributed by atoms with Gasteiger partial charge in [-0.3, -0.25) is 14.9 Å². The molecule has 1 heterocycles. The Hall–Kier alpha value is -2.84. The number of carbonyl (C=O) groups excluding carboxylic acids is 3. The van der Waals surface area contributed by atoms with E-state index in [-0.39, 0.29) is 33.3 Å². The van der Waals surface area contributed by atoms with Gasteiger partial charge in [0.1, 0.15) is 5.57 Å². The lowest BCUT2D eigenvalue weighted by molar-refractivity contribution is -0.122. The number of rotatable bonds is 3. The normalized spacial score (nSPS) is 15.9. The van der Waals surface area contributed by atoms with Crippen LogP contribution in [0.3, 0.4) is 0 Å². The summed E-state index contributed by atoms with van der Waals surface area (Å²) >= 11 is 9.25. The van der Waals surface area contributed by atoms with Crippen LogP contribution in [0.4, 0.5) is 10.5 Å². The molecule has 2 N–H and O–H groups in total. The summed E-state index contributed by atoms with van der Waals surface area (Å²) < 4.78 is 5.77. The molecule has 2 aromatic carbocycles. The summed E-state index contributed by atoms with van der Waals surface area (Å²) in [7, 11) is 1.34. The van der Waals surface area contributed by atoms with Gasteiger partial charge < -0.3 is 9.84 Å². The molecule has 1 saturated heterocycles. The second-order valence-corrected chi connectivity index (χ2v) is 6.83. The van der Waals surface area contributed by atoms with Crippen LogP contribution in [0.5, 0.6) is 11.5 Å². The van der Waals surface area contributed by atoms with Crippen LogP contribution in [-0.2, 0) is 9.59 Å². The Morgan fingerprint density at radius 2 is 1.85 bits per heavy atom. The number of phenolic OH excluding ortho intramolecular Hbond substituents is 1. The Kier molecular flexibility index (Phi) is 5.20. The maximum atomic E-state index is 12.8. The zero-order valence-corrected chi connectivity index (χ0v) is 16.2. The highest BCUT2D eigenvalue weighted by Crippen LogP contribution is 2.35. The fraction of sp³-hybridized carbons (Fsp3) is 0.0556. The van der Waals surface area contributed by atoms with E-state index in [9.17, 15) is 19.5 Å². The van der Waals surface area contributed by atoms with Crippen LogP contribution in [0.15, 0.2) is 46.4 Å². The number of carbonyl (C=O) groups is 3. The molecule has 0 spiro atoms. The van der Waals surface area contributed by atoms with E-state index >= 15 is 0 Å². The molecule has 0 bridgehead atoms. The van der Waals surface area contributed by atoms with Crippen molar-refractivity contribution < 1.29 is 24.2 Å². The number of imide groups is 2. The quantitative estimate of drug-likeness (QED) is 0.550. The molecule has 1 aliphatic rings. The minimum Gasteiger partial charge on any atom is -0.504 e. The van der Waals surface area contributed by atoms with E-state index in [4.69, 9.17) is 16.3 Å². The number of aromatic hydroxyl groups is 1. The van der Waals surface area contributed by atoms with E-state index in [0.29, 0.717) is 0 Å². The number of hydrogen-bond donors (Lipinski definition) is 2. The second-order valence-electron chi connectivity index (χ2n) is 5.48. The fourth-order valence-corrected chi connectivity index (χ4v) is 2.98. The van der Waals surface area contributed by atoms with E-state index in [2.05, 4.69) is 21.2 Å². The lowest BCUT2D eigenvalue weighted by Gasteiger charge is -2.26. The van der Waals surface area contributed by atoms with Gasteiger partial charge in [-0.1, -0.05) is 27.5 Å². The molecule has 0 radical (unpaired) electrons. The second kappa shape index (κ2) is 7.42. The Bertz CT molecular complexity index is 988. The Labute approximate surface area is 167 Å². The summed E-state index contributed by atoms with van der Waals surface area (Å²) in [5.41, 5.74) is 0.0482. The summed E-state index contributed by atoms with van der Waals surface area (Å²) in [6.07, 6.45) is 1.15. The molecular weight excluding hydrogens is 440 g/mol. The number of methoxy groups -OCH3 is 1. The molecule has 2 aromatic rings. The fourth-order valence-electron chi connectivity index (χ4n) is 2.50. The van der Waals surface area contributed by atoms with Crippen molar-refractivity contribution in [3.63, 3.8) is 0 Å². The van der Waals surface area contributed by atoms with Crippen LogP contribution in [0.1, 0.15) is 5.56 Å². The number of urea groups is 1. The molecule has 0 unspecified atom stereocenters. The van der Waals surface area contributed by atoms with E-state index < -0.39 is 17.8 Å². The average Bonchev–Trinajstić information content (AvgIpc) is 2.62. The third-order valence-corrected chi connectivity index (χ3v) is 4.52. The highest BCUT2D eigenvalue weighted by atomic mass is 79.9. The molecule has 1 fully saturated rings. The molecule has 9 heteroatoms. The van der Waals surface area contributed by atoms with Crippen LogP contribution in [0, 0.1) is 0 Å². The van der Waals surface area contributed by atoms with Crippen molar-refractivity contribution in [2.45, 2.75) is 0 Å². The Balaban J connectivity index is 2.07.